The summed E-state index contributed by atoms with van der Waals surface area (Å²) in [6.07, 6.45) is 2.32. The molecule has 17 heavy (non-hydrogen) atoms. The van der Waals surface area contributed by atoms with Gasteiger partial charge in [-0.1, -0.05) is 27.5 Å². The van der Waals surface area contributed by atoms with Crippen LogP contribution in [0.15, 0.2) is 22.7 Å². The van der Waals surface area contributed by atoms with Crippen molar-refractivity contribution in [1.29, 1.82) is 0 Å². The minimum absolute atomic E-state index is 0.264. The number of halogens is 2. The van der Waals surface area contributed by atoms with Crippen LogP contribution in [0.5, 0.6) is 0 Å². The third kappa shape index (κ3) is 3.22. The smallest absolute Gasteiger partial charge is 0.0512 e. The molecule has 1 saturated heterocycles. The summed E-state index contributed by atoms with van der Waals surface area (Å²) in [6.45, 7) is 1.70. The lowest BCUT2D eigenvalue weighted by Gasteiger charge is -2.31. The average molecular weight is 319 g/mol. The SMILES string of the molecule is CNC(c1cc(Br)ccc1Cl)C1CCCOC1. The van der Waals surface area contributed by atoms with Gasteiger partial charge in [0.25, 0.3) is 0 Å². The number of rotatable bonds is 3. The number of hydrogen-bond donors (Lipinski definition) is 1. The van der Waals surface area contributed by atoms with Crippen LogP contribution in [0.3, 0.4) is 0 Å². The summed E-state index contributed by atoms with van der Waals surface area (Å²) in [7, 11) is 1.98. The van der Waals surface area contributed by atoms with Crippen molar-refractivity contribution >= 4 is 27.5 Å². The molecule has 1 aliphatic rings. The van der Waals surface area contributed by atoms with Gasteiger partial charge in [0.2, 0.25) is 0 Å². The summed E-state index contributed by atoms with van der Waals surface area (Å²) >= 11 is 9.79. The van der Waals surface area contributed by atoms with Crippen LogP contribution in [0.2, 0.25) is 5.02 Å². The largest absolute Gasteiger partial charge is 0.381 e. The van der Waals surface area contributed by atoms with Crippen LogP contribution >= 0.6 is 27.5 Å². The van der Waals surface area contributed by atoms with E-state index in [1.54, 1.807) is 0 Å². The van der Waals surface area contributed by atoms with Gasteiger partial charge >= 0.3 is 0 Å². The van der Waals surface area contributed by atoms with Gasteiger partial charge in [0.05, 0.1) is 6.61 Å². The van der Waals surface area contributed by atoms with Crippen molar-refractivity contribution < 1.29 is 4.74 Å². The van der Waals surface area contributed by atoms with Gasteiger partial charge in [0.1, 0.15) is 0 Å². The lowest BCUT2D eigenvalue weighted by Crippen LogP contribution is -2.31. The molecule has 1 aromatic rings. The van der Waals surface area contributed by atoms with Gasteiger partial charge in [0, 0.05) is 28.1 Å². The zero-order chi connectivity index (χ0) is 12.3. The van der Waals surface area contributed by atoms with E-state index >= 15 is 0 Å². The van der Waals surface area contributed by atoms with E-state index in [9.17, 15) is 0 Å². The molecule has 2 unspecified atom stereocenters. The van der Waals surface area contributed by atoms with Crippen molar-refractivity contribution in [3.63, 3.8) is 0 Å². The van der Waals surface area contributed by atoms with E-state index in [4.69, 9.17) is 16.3 Å². The highest BCUT2D eigenvalue weighted by Gasteiger charge is 2.25. The van der Waals surface area contributed by atoms with E-state index in [0.717, 1.165) is 34.7 Å². The first-order chi connectivity index (χ1) is 8.22. The zero-order valence-electron chi connectivity index (χ0n) is 9.88. The van der Waals surface area contributed by atoms with E-state index in [1.165, 1.54) is 6.42 Å². The molecule has 0 radical (unpaired) electrons. The average Bonchev–Trinajstić information content (AvgIpc) is 2.36. The molecule has 0 saturated carbocycles. The highest BCUT2D eigenvalue weighted by Crippen LogP contribution is 2.34. The zero-order valence-corrected chi connectivity index (χ0v) is 12.2. The van der Waals surface area contributed by atoms with Gasteiger partial charge in [-0.25, -0.2) is 0 Å². The Hall–Kier alpha value is -0.0900. The van der Waals surface area contributed by atoms with Crippen LogP contribution in [-0.2, 0) is 4.74 Å². The van der Waals surface area contributed by atoms with E-state index in [0.29, 0.717) is 5.92 Å². The highest BCUT2D eigenvalue weighted by atomic mass is 79.9. The molecule has 1 heterocycles. The van der Waals surface area contributed by atoms with Crippen LogP contribution in [0.4, 0.5) is 0 Å². The molecule has 2 rings (SSSR count). The van der Waals surface area contributed by atoms with Crippen LogP contribution in [0.1, 0.15) is 24.4 Å². The van der Waals surface area contributed by atoms with Crippen LogP contribution < -0.4 is 5.32 Å². The van der Waals surface area contributed by atoms with Crippen molar-refractivity contribution in [2.45, 2.75) is 18.9 Å². The van der Waals surface area contributed by atoms with E-state index < -0.39 is 0 Å². The summed E-state index contributed by atoms with van der Waals surface area (Å²) in [4.78, 5) is 0. The summed E-state index contributed by atoms with van der Waals surface area (Å²) in [5, 5.41) is 4.19. The predicted octanol–water partition coefficient (Wildman–Crippen LogP) is 3.79. The summed E-state index contributed by atoms with van der Waals surface area (Å²) < 4.78 is 6.63. The Bertz CT molecular complexity index is 380. The fourth-order valence-corrected chi connectivity index (χ4v) is 3.04. The molecule has 4 heteroatoms. The van der Waals surface area contributed by atoms with Crippen molar-refractivity contribution in [3.05, 3.63) is 33.3 Å². The van der Waals surface area contributed by atoms with Crippen LogP contribution in [0.25, 0.3) is 0 Å². The first kappa shape index (κ1) is 13.3. The maximum atomic E-state index is 6.29. The Balaban J connectivity index is 2.24. The molecule has 0 bridgehead atoms. The Morgan fingerprint density at radius 2 is 2.35 bits per heavy atom. The van der Waals surface area contributed by atoms with Crippen LogP contribution in [-0.4, -0.2) is 20.3 Å². The quantitative estimate of drug-likeness (QED) is 0.915. The van der Waals surface area contributed by atoms with E-state index in [1.807, 2.05) is 19.2 Å². The number of nitrogens with one attached hydrogen (secondary N) is 1. The minimum Gasteiger partial charge on any atom is -0.381 e. The molecule has 0 spiro atoms. The second-order valence-corrected chi connectivity index (χ2v) is 5.73. The third-order valence-corrected chi connectivity index (χ3v) is 4.11. The van der Waals surface area contributed by atoms with Crippen molar-refractivity contribution in [2.75, 3.05) is 20.3 Å². The molecule has 1 N–H and O–H groups in total. The van der Waals surface area contributed by atoms with Gasteiger partial charge in [0.15, 0.2) is 0 Å². The minimum atomic E-state index is 0.264. The summed E-state index contributed by atoms with van der Waals surface area (Å²) in [6, 6.07) is 6.27. The van der Waals surface area contributed by atoms with Gasteiger partial charge in [-0.2, -0.15) is 0 Å². The molecular weight excluding hydrogens is 302 g/mol. The van der Waals surface area contributed by atoms with E-state index in [2.05, 4.69) is 27.3 Å². The van der Waals surface area contributed by atoms with Gasteiger partial charge < -0.3 is 10.1 Å². The lowest BCUT2D eigenvalue weighted by atomic mass is 9.89. The topological polar surface area (TPSA) is 21.3 Å². The highest BCUT2D eigenvalue weighted by molar-refractivity contribution is 9.10. The second kappa shape index (κ2) is 6.19. The van der Waals surface area contributed by atoms with Crippen molar-refractivity contribution in [3.8, 4) is 0 Å². The second-order valence-electron chi connectivity index (χ2n) is 4.41. The summed E-state index contributed by atoms with van der Waals surface area (Å²) in [5.41, 5.74) is 1.15. The van der Waals surface area contributed by atoms with Crippen molar-refractivity contribution in [1.82, 2.24) is 5.32 Å². The molecule has 1 aliphatic heterocycles. The Labute approximate surface area is 116 Å². The lowest BCUT2D eigenvalue weighted by molar-refractivity contribution is 0.0402. The van der Waals surface area contributed by atoms with Crippen molar-refractivity contribution in [2.24, 2.45) is 5.92 Å². The summed E-state index contributed by atoms with van der Waals surface area (Å²) in [5.74, 6) is 0.501. The Kier molecular flexibility index (Phi) is 4.86. The molecular formula is C13H17BrClNO. The molecule has 1 fully saturated rings. The Morgan fingerprint density at radius 1 is 1.53 bits per heavy atom. The number of benzene rings is 1. The molecule has 0 amide bonds. The number of hydrogen-bond acceptors (Lipinski definition) is 2. The fourth-order valence-electron chi connectivity index (χ4n) is 2.43. The molecule has 0 aliphatic carbocycles. The first-order valence-corrected chi connectivity index (χ1v) is 7.09. The van der Waals surface area contributed by atoms with Crippen LogP contribution in [0, 0.1) is 5.92 Å². The normalized spacial score (nSPS) is 22.4. The Morgan fingerprint density at radius 3 is 3.00 bits per heavy atom. The molecule has 2 nitrogen and oxygen atoms in total. The third-order valence-electron chi connectivity index (χ3n) is 3.27. The standard InChI is InChI=1S/C13H17BrClNO/c1-16-13(9-3-2-6-17-8-9)11-7-10(14)4-5-12(11)15/h4-5,7,9,13,16H,2-3,6,8H2,1H3. The molecule has 2 atom stereocenters. The van der Waals surface area contributed by atoms with Gasteiger partial charge in [-0.15, -0.1) is 0 Å². The molecule has 0 aromatic heterocycles. The maximum Gasteiger partial charge on any atom is 0.0512 e. The van der Waals surface area contributed by atoms with E-state index in [-0.39, 0.29) is 6.04 Å². The predicted molar refractivity (Wildman–Crippen MR) is 74.5 cm³/mol. The maximum absolute atomic E-state index is 6.29. The van der Waals surface area contributed by atoms with Gasteiger partial charge in [-0.3, -0.25) is 0 Å². The number of ether oxygens (including phenoxy) is 1. The first-order valence-electron chi connectivity index (χ1n) is 5.92. The molecule has 1 aromatic carbocycles. The fraction of sp³-hybridized carbons (Fsp3) is 0.538. The monoisotopic (exact) mass is 317 g/mol. The molecule has 94 valence electrons. The van der Waals surface area contributed by atoms with Gasteiger partial charge in [-0.05, 0) is 43.7 Å².